The zero-order valence-corrected chi connectivity index (χ0v) is 20.7. The van der Waals surface area contributed by atoms with Gasteiger partial charge in [-0.1, -0.05) is 42.5 Å². The molecule has 0 aliphatic carbocycles. The molecule has 1 aliphatic rings. The highest BCUT2D eigenvalue weighted by Gasteiger charge is 2.22. The Hall–Kier alpha value is -4.26. The Labute approximate surface area is 211 Å². The van der Waals surface area contributed by atoms with Gasteiger partial charge in [-0.05, 0) is 54.0 Å². The average molecular weight is 487 g/mol. The van der Waals surface area contributed by atoms with Gasteiger partial charge < -0.3 is 24.4 Å². The van der Waals surface area contributed by atoms with Crippen LogP contribution >= 0.6 is 0 Å². The van der Waals surface area contributed by atoms with Crippen LogP contribution in [-0.2, 0) is 16.1 Å². The summed E-state index contributed by atoms with van der Waals surface area (Å²) >= 11 is 0. The first kappa shape index (κ1) is 24.9. The van der Waals surface area contributed by atoms with Crippen molar-refractivity contribution in [1.29, 1.82) is 0 Å². The highest BCUT2D eigenvalue weighted by molar-refractivity contribution is 5.92. The summed E-state index contributed by atoms with van der Waals surface area (Å²) in [6.45, 7) is 4.81. The Morgan fingerprint density at radius 3 is 2.58 bits per heavy atom. The minimum Gasteiger partial charge on any atom is -0.493 e. The number of nitrogens with zero attached hydrogens (tertiary/aromatic N) is 1. The number of amides is 2. The number of methoxy groups -OCH3 is 1. The molecule has 0 saturated carbocycles. The van der Waals surface area contributed by atoms with Crippen LogP contribution < -0.4 is 19.5 Å². The third-order valence-electron chi connectivity index (χ3n) is 5.90. The SMILES string of the molecule is COc1cc(/C=C/C(=O)N(Cc2ccccc2)C(C)c2cccc(NC(C)=O)c2)cc2c1OCCO2. The van der Waals surface area contributed by atoms with Gasteiger partial charge in [-0.25, -0.2) is 0 Å². The topological polar surface area (TPSA) is 77.1 Å². The van der Waals surface area contributed by atoms with Crippen molar-refractivity contribution in [3.63, 3.8) is 0 Å². The molecule has 0 fully saturated rings. The zero-order valence-electron chi connectivity index (χ0n) is 20.7. The molecule has 0 aromatic heterocycles. The lowest BCUT2D eigenvalue weighted by Gasteiger charge is -2.29. The zero-order chi connectivity index (χ0) is 25.5. The smallest absolute Gasteiger partial charge is 0.247 e. The number of hydrogen-bond donors (Lipinski definition) is 1. The fraction of sp³-hybridized carbons (Fsp3) is 0.241. The summed E-state index contributed by atoms with van der Waals surface area (Å²) in [5.74, 6) is 1.44. The standard InChI is InChI=1S/C29H30N2O5/c1-20(24-10-7-11-25(18-24)30-21(2)32)31(19-22-8-5-4-6-9-22)28(33)13-12-23-16-26(34-3)29-27(17-23)35-14-15-36-29/h4-13,16-18,20H,14-15,19H2,1-3H3,(H,30,32)/b13-12+. The fourth-order valence-electron chi connectivity index (χ4n) is 4.10. The van der Waals surface area contributed by atoms with E-state index >= 15 is 0 Å². The van der Waals surface area contributed by atoms with Gasteiger partial charge in [0.25, 0.3) is 0 Å². The van der Waals surface area contributed by atoms with Crippen LogP contribution in [0.2, 0.25) is 0 Å². The molecule has 0 radical (unpaired) electrons. The van der Waals surface area contributed by atoms with Crippen LogP contribution in [0.1, 0.15) is 36.6 Å². The highest BCUT2D eigenvalue weighted by Crippen LogP contribution is 2.40. The molecule has 1 N–H and O–H groups in total. The molecular formula is C29H30N2O5. The number of carbonyl (C=O) groups excluding carboxylic acids is 2. The predicted octanol–water partition coefficient (Wildman–Crippen LogP) is 5.23. The predicted molar refractivity (Wildman–Crippen MR) is 139 cm³/mol. The summed E-state index contributed by atoms with van der Waals surface area (Å²) in [5, 5.41) is 2.81. The first-order chi connectivity index (χ1) is 17.4. The highest BCUT2D eigenvalue weighted by atomic mass is 16.6. The molecule has 7 nitrogen and oxygen atoms in total. The number of anilines is 1. The van der Waals surface area contributed by atoms with Crippen molar-refractivity contribution in [1.82, 2.24) is 4.90 Å². The summed E-state index contributed by atoms with van der Waals surface area (Å²) in [5.41, 5.74) is 3.40. The average Bonchev–Trinajstić information content (AvgIpc) is 2.89. The van der Waals surface area contributed by atoms with Crippen molar-refractivity contribution in [3.05, 3.63) is 89.5 Å². The summed E-state index contributed by atoms with van der Waals surface area (Å²) in [6, 6.07) is 20.8. The molecule has 1 aliphatic heterocycles. The summed E-state index contributed by atoms with van der Waals surface area (Å²) in [7, 11) is 1.57. The van der Waals surface area contributed by atoms with Crippen LogP contribution in [0.3, 0.4) is 0 Å². The van der Waals surface area contributed by atoms with Gasteiger partial charge >= 0.3 is 0 Å². The van der Waals surface area contributed by atoms with Crippen molar-refractivity contribution in [2.45, 2.75) is 26.4 Å². The van der Waals surface area contributed by atoms with E-state index in [-0.39, 0.29) is 17.9 Å². The van der Waals surface area contributed by atoms with Crippen molar-refractivity contribution < 1.29 is 23.8 Å². The van der Waals surface area contributed by atoms with E-state index in [0.29, 0.717) is 42.7 Å². The second kappa shape index (κ2) is 11.4. The van der Waals surface area contributed by atoms with Gasteiger partial charge in [0.15, 0.2) is 11.5 Å². The molecule has 4 rings (SSSR count). The van der Waals surface area contributed by atoms with E-state index in [4.69, 9.17) is 14.2 Å². The molecule has 0 saturated heterocycles. The Morgan fingerprint density at radius 2 is 1.83 bits per heavy atom. The Kier molecular flexibility index (Phi) is 7.90. The lowest BCUT2D eigenvalue weighted by atomic mass is 10.0. The second-order valence-corrected chi connectivity index (χ2v) is 8.52. The van der Waals surface area contributed by atoms with Crippen molar-refractivity contribution in [3.8, 4) is 17.2 Å². The number of fused-ring (bicyclic) bond motifs is 1. The van der Waals surface area contributed by atoms with Crippen molar-refractivity contribution in [2.24, 2.45) is 0 Å². The van der Waals surface area contributed by atoms with Crippen LogP contribution in [0.4, 0.5) is 5.69 Å². The summed E-state index contributed by atoms with van der Waals surface area (Å²) < 4.78 is 16.8. The first-order valence-corrected chi connectivity index (χ1v) is 11.8. The lowest BCUT2D eigenvalue weighted by Crippen LogP contribution is -2.31. The number of ether oxygens (including phenoxy) is 3. The first-order valence-electron chi connectivity index (χ1n) is 11.8. The molecule has 7 heteroatoms. The van der Waals surface area contributed by atoms with E-state index in [1.165, 1.54) is 6.92 Å². The van der Waals surface area contributed by atoms with Gasteiger partial charge in [-0.3, -0.25) is 9.59 Å². The molecule has 1 heterocycles. The largest absolute Gasteiger partial charge is 0.493 e. The molecule has 1 unspecified atom stereocenters. The van der Waals surface area contributed by atoms with Crippen LogP contribution in [-0.4, -0.2) is 37.0 Å². The van der Waals surface area contributed by atoms with E-state index in [1.807, 2.05) is 73.7 Å². The van der Waals surface area contributed by atoms with Gasteiger partial charge in [0.05, 0.1) is 13.2 Å². The lowest BCUT2D eigenvalue weighted by molar-refractivity contribution is -0.128. The molecule has 0 bridgehead atoms. The maximum absolute atomic E-state index is 13.5. The maximum atomic E-state index is 13.5. The van der Waals surface area contributed by atoms with Gasteiger partial charge in [0.2, 0.25) is 17.6 Å². The van der Waals surface area contributed by atoms with Gasteiger partial charge in [0, 0.05) is 25.2 Å². The minimum atomic E-state index is -0.245. The Bertz CT molecular complexity index is 1240. The number of rotatable bonds is 8. The van der Waals surface area contributed by atoms with Crippen molar-refractivity contribution >= 4 is 23.6 Å². The quantitative estimate of drug-likeness (QED) is 0.442. The third-order valence-corrected chi connectivity index (χ3v) is 5.90. The molecule has 36 heavy (non-hydrogen) atoms. The van der Waals surface area contributed by atoms with E-state index in [0.717, 1.165) is 16.7 Å². The molecular weight excluding hydrogens is 456 g/mol. The second-order valence-electron chi connectivity index (χ2n) is 8.52. The number of nitrogens with one attached hydrogen (secondary N) is 1. The molecule has 2 amide bonds. The normalized spacial score (nSPS) is 13.2. The van der Waals surface area contributed by atoms with Gasteiger partial charge in [-0.2, -0.15) is 0 Å². The molecule has 3 aromatic carbocycles. The minimum absolute atomic E-state index is 0.144. The van der Waals surface area contributed by atoms with Crippen molar-refractivity contribution in [2.75, 3.05) is 25.6 Å². The number of carbonyl (C=O) groups is 2. The van der Waals surface area contributed by atoms with E-state index in [1.54, 1.807) is 24.2 Å². The fourth-order valence-corrected chi connectivity index (χ4v) is 4.10. The summed E-state index contributed by atoms with van der Waals surface area (Å²) in [6.07, 6.45) is 3.31. The molecule has 1 atom stereocenters. The Morgan fingerprint density at radius 1 is 1.06 bits per heavy atom. The Balaban J connectivity index is 1.62. The number of benzene rings is 3. The molecule has 186 valence electrons. The van der Waals surface area contributed by atoms with Crippen LogP contribution in [0, 0.1) is 0 Å². The van der Waals surface area contributed by atoms with Crippen LogP contribution in [0.25, 0.3) is 6.08 Å². The number of hydrogen-bond acceptors (Lipinski definition) is 5. The van der Waals surface area contributed by atoms with E-state index in [9.17, 15) is 9.59 Å². The molecule has 3 aromatic rings. The van der Waals surface area contributed by atoms with E-state index in [2.05, 4.69) is 5.32 Å². The maximum Gasteiger partial charge on any atom is 0.247 e. The van der Waals surface area contributed by atoms with Gasteiger partial charge in [0.1, 0.15) is 13.2 Å². The van der Waals surface area contributed by atoms with Crippen LogP contribution in [0.15, 0.2) is 72.8 Å². The third kappa shape index (κ3) is 6.05. The van der Waals surface area contributed by atoms with Gasteiger partial charge in [-0.15, -0.1) is 0 Å². The molecule has 0 spiro atoms. The van der Waals surface area contributed by atoms with E-state index < -0.39 is 0 Å². The monoisotopic (exact) mass is 486 g/mol. The van der Waals surface area contributed by atoms with Crippen LogP contribution in [0.5, 0.6) is 17.2 Å². The summed E-state index contributed by atoms with van der Waals surface area (Å²) in [4.78, 5) is 26.8.